The normalized spacial score (nSPS) is 11.2. The average molecular weight is 234 g/mol. The number of aromatic nitrogens is 3. The maximum absolute atomic E-state index is 4.99. The van der Waals surface area contributed by atoms with Gasteiger partial charge in [0.25, 0.3) is 0 Å². The first-order chi connectivity index (χ1) is 8.29. The molecule has 0 radical (unpaired) electrons. The van der Waals surface area contributed by atoms with Crippen LogP contribution in [0.15, 0.2) is 18.5 Å². The Bertz CT molecular complexity index is 480. The minimum absolute atomic E-state index is 0.794. The molecular weight excluding hydrogens is 216 g/mol. The number of ether oxygens (including phenoxy) is 1. The van der Waals surface area contributed by atoms with E-state index in [1.807, 2.05) is 29.9 Å². The van der Waals surface area contributed by atoms with E-state index < -0.39 is 0 Å². The zero-order valence-electron chi connectivity index (χ0n) is 10.3. The highest BCUT2D eigenvalue weighted by molar-refractivity contribution is 5.38. The molecule has 2 aromatic rings. The van der Waals surface area contributed by atoms with Gasteiger partial charge in [0.05, 0.1) is 5.69 Å². The summed E-state index contributed by atoms with van der Waals surface area (Å²) in [6.45, 7) is 4.52. The van der Waals surface area contributed by atoms with Gasteiger partial charge in [-0.2, -0.15) is 5.10 Å². The molecule has 0 unspecified atom stereocenters. The van der Waals surface area contributed by atoms with Gasteiger partial charge in [-0.15, -0.1) is 0 Å². The molecule has 0 aliphatic heterocycles. The summed E-state index contributed by atoms with van der Waals surface area (Å²) < 4.78 is 6.81. The molecule has 2 heterocycles. The number of aryl methyl sites for hydroxylation is 1. The van der Waals surface area contributed by atoms with E-state index in [0.29, 0.717) is 0 Å². The monoisotopic (exact) mass is 234 g/mol. The topological polar surface area (TPSA) is 51.5 Å². The molecule has 5 heteroatoms. The summed E-state index contributed by atoms with van der Waals surface area (Å²) in [5.41, 5.74) is 3.02. The Morgan fingerprint density at radius 2 is 2.35 bits per heavy atom. The summed E-state index contributed by atoms with van der Waals surface area (Å²) in [6, 6.07) is 1.97. The molecule has 0 aromatic carbocycles. The first-order valence-corrected chi connectivity index (χ1v) is 5.80. The lowest BCUT2D eigenvalue weighted by atomic mass is 10.3. The van der Waals surface area contributed by atoms with Crippen LogP contribution in [0.5, 0.6) is 0 Å². The van der Waals surface area contributed by atoms with Crippen LogP contribution in [-0.4, -0.2) is 34.9 Å². The SMILES string of the molecule is COCCCNCc1cnc2cc(C)nn2c1. The molecule has 2 rings (SSSR count). The Kier molecular flexibility index (Phi) is 4.06. The number of hydrogen-bond donors (Lipinski definition) is 1. The summed E-state index contributed by atoms with van der Waals surface area (Å²) in [4.78, 5) is 4.35. The van der Waals surface area contributed by atoms with E-state index in [1.54, 1.807) is 7.11 Å². The first kappa shape index (κ1) is 12.0. The third-order valence-corrected chi connectivity index (χ3v) is 2.52. The van der Waals surface area contributed by atoms with Gasteiger partial charge in [-0.25, -0.2) is 9.50 Å². The molecule has 0 spiro atoms. The molecule has 0 saturated carbocycles. The highest BCUT2D eigenvalue weighted by atomic mass is 16.5. The van der Waals surface area contributed by atoms with Crippen LogP contribution in [0.4, 0.5) is 0 Å². The molecule has 2 aromatic heterocycles. The minimum Gasteiger partial charge on any atom is -0.385 e. The van der Waals surface area contributed by atoms with Crippen molar-refractivity contribution in [3.63, 3.8) is 0 Å². The molecule has 0 aliphatic rings. The molecule has 17 heavy (non-hydrogen) atoms. The molecule has 0 saturated heterocycles. The average Bonchev–Trinajstić information content (AvgIpc) is 2.68. The van der Waals surface area contributed by atoms with E-state index in [4.69, 9.17) is 4.74 Å². The van der Waals surface area contributed by atoms with Crippen molar-refractivity contribution in [1.82, 2.24) is 19.9 Å². The number of nitrogens with zero attached hydrogens (tertiary/aromatic N) is 3. The van der Waals surface area contributed by atoms with Crippen LogP contribution >= 0.6 is 0 Å². The van der Waals surface area contributed by atoms with Crippen LogP contribution in [0.2, 0.25) is 0 Å². The van der Waals surface area contributed by atoms with Crippen LogP contribution in [-0.2, 0) is 11.3 Å². The van der Waals surface area contributed by atoms with Gasteiger partial charge in [0.2, 0.25) is 0 Å². The van der Waals surface area contributed by atoms with E-state index >= 15 is 0 Å². The Hall–Kier alpha value is -1.46. The van der Waals surface area contributed by atoms with Crippen molar-refractivity contribution in [3.05, 3.63) is 29.7 Å². The van der Waals surface area contributed by atoms with Crippen molar-refractivity contribution in [2.24, 2.45) is 0 Å². The van der Waals surface area contributed by atoms with Gasteiger partial charge in [0.1, 0.15) is 0 Å². The van der Waals surface area contributed by atoms with E-state index in [0.717, 1.165) is 43.0 Å². The lowest BCUT2D eigenvalue weighted by molar-refractivity contribution is 0.194. The molecule has 5 nitrogen and oxygen atoms in total. The lowest BCUT2D eigenvalue weighted by Crippen LogP contribution is -2.16. The number of nitrogens with one attached hydrogen (secondary N) is 1. The van der Waals surface area contributed by atoms with Crippen molar-refractivity contribution in [1.29, 1.82) is 0 Å². The molecule has 92 valence electrons. The van der Waals surface area contributed by atoms with Crippen molar-refractivity contribution in [2.75, 3.05) is 20.3 Å². The van der Waals surface area contributed by atoms with Crippen molar-refractivity contribution >= 4 is 5.65 Å². The molecule has 0 aliphatic carbocycles. The molecule has 0 bridgehead atoms. The smallest absolute Gasteiger partial charge is 0.155 e. The third kappa shape index (κ3) is 3.25. The minimum atomic E-state index is 0.794. The number of fused-ring (bicyclic) bond motifs is 1. The van der Waals surface area contributed by atoms with Crippen molar-refractivity contribution < 1.29 is 4.74 Å². The third-order valence-electron chi connectivity index (χ3n) is 2.52. The molecule has 0 amide bonds. The van der Waals surface area contributed by atoms with E-state index in [-0.39, 0.29) is 0 Å². The van der Waals surface area contributed by atoms with Gasteiger partial charge < -0.3 is 10.1 Å². The summed E-state index contributed by atoms with van der Waals surface area (Å²) in [6.07, 6.45) is 4.92. The molecule has 0 atom stereocenters. The summed E-state index contributed by atoms with van der Waals surface area (Å²) >= 11 is 0. The molecular formula is C12H18N4O. The zero-order valence-corrected chi connectivity index (χ0v) is 10.3. The Labute approximate surface area is 101 Å². The van der Waals surface area contributed by atoms with Gasteiger partial charge in [-0.05, 0) is 19.9 Å². The zero-order chi connectivity index (χ0) is 12.1. The second kappa shape index (κ2) is 5.75. The van der Waals surface area contributed by atoms with Crippen LogP contribution < -0.4 is 5.32 Å². The van der Waals surface area contributed by atoms with Crippen LogP contribution in [0.25, 0.3) is 5.65 Å². The molecule has 1 N–H and O–H groups in total. The van der Waals surface area contributed by atoms with Gasteiger partial charge in [0, 0.05) is 44.3 Å². The van der Waals surface area contributed by atoms with Crippen LogP contribution in [0.3, 0.4) is 0 Å². The summed E-state index contributed by atoms with van der Waals surface area (Å²) in [5, 5.41) is 7.68. The summed E-state index contributed by atoms with van der Waals surface area (Å²) in [7, 11) is 1.72. The van der Waals surface area contributed by atoms with Crippen molar-refractivity contribution in [2.45, 2.75) is 19.9 Å². The highest BCUT2D eigenvalue weighted by Crippen LogP contribution is 2.04. The van der Waals surface area contributed by atoms with E-state index in [2.05, 4.69) is 15.4 Å². The lowest BCUT2D eigenvalue weighted by Gasteiger charge is -2.04. The second-order valence-electron chi connectivity index (χ2n) is 4.07. The fraction of sp³-hybridized carbons (Fsp3) is 0.500. The fourth-order valence-corrected chi connectivity index (χ4v) is 1.70. The summed E-state index contributed by atoms with van der Waals surface area (Å²) in [5.74, 6) is 0. The highest BCUT2D eigenvalue weighted by Gasteiger charge is 2.00. The first-order valence-electron chi connectivity index (χ1n) is 5.80. The quantitative estimate of drug-likeness (QED) is 0.762. The maximum Gasteiger partial charge on any atom is 0.155 e. The number of methoxy groups -OCH3 is 1. The van der Waals surface area contributed by atoms with E-state index in [1.165, 1.54) is 0 Å². The standard InChI is InChI=1S/C12H18N4O/c1-10-6-12-14-8-11(9-16(12)15-10)7-13-4-3-5-17-2/h6,8-9,13H,3-5,7H2,1-2H3. The van der Waals surface area contributed by atoms with E-state index in [9.17, 15) is 0 Å². The van der Waals surface area contributed by atoms with Gasteiger partial charge in [-0.1, -0.05) is 0 Å². The number of hydrogen-bond acceptors (Lipinski definition) is 4. The van der Waals surface area contributed by atoms with Gasteiger partial charge >= 0.3 is 0 Å². The predicted molar refractivity (Wildman–Crippen MR) is 65.9 cm³/mol. The van der Waals surface area contributed by atoms with Crippen molar-refractivity contribution in [3.8, 4) is 0 Å². The number of rotatable bonds is 6. The Morgan fingerprint density at radius 3 is 3.18 bits per heavy atom. The fourth-order valence-electron chi connectivity index (χ4n) is 1.70. The van der Waals surface area contributed by atoms with Gasteiger partial charge in [-0.3, -0.25) is 0 Å². The Balaban J connectivity index is 1.90. The molecule has 0 fully saturated rings. The largest absolute Gasteiger partial charge is 0.385 e. The Morgan fingerprint density at radius 1 is 1.47 bits per heavy atom. The predicted octanol–water partition coefficient (Wildman–Crippen LogP) is 1.16. The van der Waals surface area contributed by atoms with Crippen LogP contribution in [0.1, 0.15) is 17.7 Å². The van der Waals surface area contributed by atoms with Gasteiger partial charge in [0.15, 0.2) is 5.65 Å². The van der Waals surface area contributed by atoms with Crippen LogP contribution in [0, 0.1) is 6.92 Å². The second-order valence-corrected chi connectivity index (χ2v) is 4.07. The maximum atomic E-state index is 4.99.